The second-order valence-corrected chi connectivity index (χ2v) is 6.26. The van der Waals surface area contributed by atoms with Crippen LogP contribution in [0.25, 0.3) is 0 Å². The number of carbonyl (C=O) groups excluding carboxylic acids is 1. The summed E-state index contributed by atoms with van der Waals surface area (Å²) in [4.78, 5) is 12.1. The Morgan fingerprint density at radius 1 is 1.08 bits per heavy atom. The van der Waals surface area contributed by atoms with Gasteiger partial charge in [-0.1, -0.05) is 32.6 Å². The van der Waals surface area contributed by atoms with E-state index in [2.05, 4.69) is 31.1 Å². The molecule has 0 saturated carbocycles. The summed E-state index contributed by atoms with van der Waals surface area (Å²) < 4.78 is 11.1. The third-order valence-electron chi connectivity index (χ3n) is 3.38. The van der Waals surface area contributed by atoms with Crippen molar-refractivity contribution in [1.82, 2.24) is 0 Å². The molecule has 5 heteroatoms. The Labute approximate surface area is 155 Å². The SMILES string of the molecule is C=CCOc1cccc(NC(=O)CNc2ccc(OCC(C)C)cc2)c1. The van der Waals surface area contributed by atoms with E-state index in [-0.39, 0.29) is 12.5 Å². The highest BCUT2D eigenvalue weighted by molar-refractivity contribution is 5.93. The Hall–Kier alpha value is -2.95. The number of hydrogen-bond donors (Lipinski definition) is 2. The fourth-order valence-electron chi connectivity index (χ4n) is 2.14. The molecule has 2 aromatic carbocycles. The molecular weight excluding hydrogens is 328 g/mol. The van der Waals surface area contributed by atoms with Gasteiger partial charge in [0.1, 0.15) is 18.1 Å². The van der Waals surface area contributed by atoms with E-state index in [0.29, 0.717) is 30.6 Å². The van der Waals surface area contributed by atoms with Gasteiger partial charge in [0.15, 0.2) is 0 Å². The Kier molecular flexibility index (Phi) is 7.55. The molecule has 0 atom stereocenters. The molecule has 1 amide bonds. The molecule has 0 spiro atoms. The molecule has 0 aromatic heterocycles. The number of carbonyl (C=O) groups is 1. The van der Waals surface area contributed by atoms with E-state index in [9.17, 15) is 4.79 Å². The van der Waals surface area contributed by atoms with Crippen LogP contribution in [0.15, 0.2) is 61.2 Å². The third-order valence-corrected chi connectivity index (χ3v) is 3.38. The summed E-state index contributed by atoms with van der Waals surface area (Å²) in [6.45, 7) is 9.11. The zero-order chi connectivity index (χ0) is 18.8. The molecule has 0 aliphatic rings. The second-order valence-electron chi connectivity index (χ2n) is 6.26. The van der Waals surface area contributed by atoms with Gasteiger partial charge in [-0.2, -0.15) is 0 Å². The van der Waals surface area contributed by atoms with Crippen molar-refractivity contribution >= 4 is 17.3 Å². The predicted octanol–water partition coefficient (Wildman–Crippen LogP) is 4.34. The van der Waals surface area contributed by atoms with E-state index in [1.807, 2.05) is 42.5 Å². The lowest BCUT2D eigenvalue weighted by atomic mass is 10.2. The lowest BCUT2D eigenvalue weighted by Crippen LogP contribution is -2.21. The molecule has 2 N–H and O–H groups in total. The van der Waals surface area contributed by atoms with Crippen LogP contribution >= 0.6 is 0 Å². The molecule has 2 aromatic rings. The molecule has 0 saturated heterocycles. The van der Waals surface area contributed by atoms with E-state index >= 15 is 0 Å². The maximum absolute atomic E-state index is 12.1. The number of ether oxygens (including phenoxy) is 2. The normalized spacial score (nSPS) is 10.3. The molecule has 0 unspecified atom stereocenters. The molecule has 0 fully saturated rings. The van der Waals surface area contributed by atoms with Gasteiger partial charge in [0.2, 0.25) is 5.91 Å². The van der Waals surface area contributed by atoms with Crippen molar-refractivity contribution in [2.45, 2.75) is 13.8 Å². The van der Waals surface area contributed by atoms with Crippen molar-refractivity contribution in [1.29, 1.82) is 0 Å². The fourth-order valence-corrected chi connectivity index (χ4v) is 2.14. The van der Waals surface area contributed by atoms with E-state index in [1.54, 1.807) is 12.1 Å². The van der Waals surface area contributed by atoms with Gasteiger partial charge in [-0.05, 0) is 42.3 Å². The van der Waals surface area contributed by atoms with Crippen LogP contribution in [-0.4, -0.2) is 25.7 Å². The molecule has 0 aliphatic carbocycles. The first-order chi connectivity index (χ1) is 12.6. The summed E-state index contributed by atoms with van der Waals surface area (Å²) in [7, 11) is 0. The fraction of sp³-hybridized carbons (Fsp3) is 0.286. The highest BCUT2D eigenvalue weighted by Gasteiger charge is 2.04. The number of hydrogen-bond acceptors (Lipinski definition) is 4. The minimum absolute atomic E-state index is 0.133. The molecule has 0 bridgehead atoms. The first-order valence-electron chi connectivity index (χ1n) is 8.67. The number of amides is 1. The zero-order valence-electron chi connectivity index (χ0n) is 15.3. The standard InChI is InChI=1S/C21H26N2O3/c1-4-12-25-20-7-5-6-18(13-20)23-21(24)14-22-17-8-10-19(11-9-17)26-15-16(2)3/h4-11,13,16,22H,1,12,14-15H2,2-3H3,(H,23,24). The Morgan fingerprint density at radius 3 is 2.54 bits per heavy atom. The number of nitrogens with one attached hydrogen (secondary N) is 2. The quantitative estimate of drug-likeness (QED) is 0.623. The molecule has 2 rings (SSSR count). The van der Waals surface area contributed by atoms with Crippen LogP contribution < -0.4 is 20.1 Å². The van der Waals surface area contributed by atoms with Gasteiger partial charge in [-0.3, -0.25) is 4.79 Å². The van der Waals surface area contributed by atoms with Gasteiger partial charge < -0.3 is 20.1 Å². The Bertz CT molecular complexity index is 711. The summed E-state index contributed by atoms with van der Waals surface area (Å²) in [6, 6.07) is 14.8. The topological polar surface area (TPSA) is 59.6 Å². The van der Waals surface area contributed by atoms with Crippen LogP contribution in [0.1, 0.15) is 13.8 Å². The van der Waals surface area contributed by atoms with Crippen molar-refractivity contribution in [3.8, 4) is 11.5 Å². The van der Waals surface area contributed by atoms with Gasteiger partial charge in [0, 0.05) is 17.4 Å². The van der Waals surface area contributed by atoms with Crippen molar-refractivity contribution in [2.75, 3.05) is 30.4 Å². The molecule has 0 radical (unpaired) electrons. The molecule has 0 heterocycles. The summed E-state index contributed by atoms with van der Waals surface area (Å²) >= 11 is 0. The minimum atomic E-state index is -0.133. The van der Waals surface area contributed by atoms with Crippen molar-refractivity contribution in [2.24, 2.45) is 5.92 Å². The highest BCUT2D eigenvalue weighted by atomic mass is 16.5. The van der Waals surface area contributed by atoms with Crippen molar-refractivity contribution in [3.63, 3.8) is 0 Å². The molecule has 0 aliphatic heterocycles. The monoisotopic (exact) mass is 354 g/mol. The molecule has 5 nitrogen and oxygen atoms in total. The molecular formula is C21H26N2O3. The van der Waals surface area contributed by atoms with Crippen LogP contribution in [0.4, 0.5) is 11.4 Å². The summed E-state index contributed by atoms with van der Waals surface area (Å²) in [5.74, 6) is 1.86. The van der Waals surface area contributed by atoms with Gasteiger partial charge in [0.05, 0.1) is 13.2 Å². The summed E-state index contributed by atoms with van der Waals surface area (Å²) in [5.41, 5.74) is 1.55. The molecule has 138 valence electrons. The molecule has 26 heavy (non-hydrogen) atoms. The largest absolute Gasteiger partial charge is 0.493 e. The zero-order valence-corrected chi connectivity index (χ0v) is 15.3. The van der Waals surface area contributed by atoms with Crippen molar-refractivity contribution in [3.05, 3.63) is 61.2 Å². The van der Waals surface area contributed by atoms with Crippen LogP contribution in [0, 0.1) is 5.92 Å². The maximum Gasteiger partial charge on any atom is 0.243 e. The Balaban J connectivity index is 1.80. The van der Waals surface area contributed by atoms with Crippen molar-refractivity contribution < 1.29 is 14.3 Å². The summed E-state index contributed by atoms with van der Waals surface area (Å²) in [5, 5.41) is 5.93. The number of rotatable bonds is 10. The third kappa shape index (κ3) is 6.89. The maximum atomic E-state index is 12.1. The van der Waals surface area contributed by atoms with Crippen LogP contribution in [0.2, 0.25) is 0 Å². The number of anilines is 2. The number of benzene rings is 2. The predicted molar refractivity (Wildman–Crippen MR) is 106 cm³/mol. The van der Waals surface area contributed by atoms with Gasteiger partial charge in [-0.15, -0.1) is 0 Å². The van der Waals surface area contributed by atoms with E-state index in [0.717, 1.165) is 11.4 Å². The lowest BCUT2D eigenvalue weighted by molar-refractivity contribution is -0.114. The second kappa shape index (κ2) is 10.1. The first-order valence-corrected chi connectivity index (χ1v) is 8.67. The van der Waals surface area contributed by atoms with Gasteiger partial charge in [0.25, 0.3) is 0 Å². The van der Waals surface area contributed by atoms with Crippen LogP contribution in [-0.2, 0) is 4.79 Å². The lowest BCUT2D eigenvalue weighted by Gasteiger charge is -2.11. The smallest absolute Gasteiger partial charge is 0.243 e. The van der Waals surface area contributed by atoms with Crippen LogP contribution in [0.5, 0.6) is 11.5 Å². The minimum Gasteiger partial charge on any atom is -0.493 e. The summed E-state index contributed by atoms with van der Waals surface area (Å²) in [6.07, 6.45) is 1.67. The van der Waals surface area contributed by atoms with Crippen LogP contribution in [0.3, 0.4) is 0 Å². The Morgan fingerprint density at radius 2 is 1.85 bits per heavy atom. The van der Waals surface area contributed by atoms with E-state index < -0.39 is 0 Å². The van der Waals surface area contributed by atoms with Gasteiger partial charge >= 0.3 is 0 Å². The van der Waals surface area contributed by atoms with E-state index in [4.69, 9.17) is 9.47 Å². The average Bonchev–Trinajstić information content (AvgIpc) is 2.64. The first kappa shape index (κ1) is 19.4. The highest BCUT2D eigenvalue weighted by Crippen LogP contribution is 2.18. The van der Waals surface area contributed by atoms with E-state index in [1.165, 1.54) is 0 Å². The van der Waals surface area contributed by atoms with Gasteiger partial charge in [-0.25, -0.2) is 0 Å². The average molecular weight is 354 g/mol.